The summed E-state index contributed by atoms with van der Waals surface area (Å²) in [5.41, 5.74) is 1.86. The highest BCUT2D eigenvalue weighted by atomic mass is 16.5. The van der Waals surface area contributed by atoms with Crippen molar-refractivity contribution in [3.05, 3.63) is 97.1 Å². The quantitative estimate of drug-likeness (QED) is 0.320. The van der Waals surface area contributed by atoms with Gasteiger partial charge in [-0.3, -0.25) is 9.36 Å². The van der Waals surface area contributed by atoms with Gasteiger partial charge in [0.05, 0.1) is 18.5 Å². The van der Waals surface area contributed by atoms with Crippen molar-refractivity contribution in [3.63, 3.8) is 0 Å². The molecule has 5 rings (SSSR count). The summed E-state index contributed by atoms with van der Waals surface area (Å²) >= 11 is 0. The van der Waals surface area contributed by atoms with Crippen LogP contribution in [0.1, 0.15) is 5.56 Å². The lowest BCUT2D eigenvalue weighted by atomic mass is 10.1. The number of ether oxygens (including phenoxy) is 1. The summed E-state index contributed by atoms with van der Waals surface area (Å²) in [6.07, 6.45) is 5.30. The maximum Gasteiger partial charge on any atom is 0.224 e. The smallest absolute Gasteiger partial charge is 0.224 e. The number of hydrogen-bond donors (Lipinski definition) is 2. The fourth-order valence-electron chi connectivity index (χ4n) is 3.71. The van der Waals surface area contributed by atoms with Crippen LogP contribution in [0.3, 0.4) is 0 Å². The van der Waals surface area contributed by atoms with Crippen molar-refractivity contribution in [3.8, 4) is 11.6 Å². The fraction of sp³-hybridized carbons (Fsp3) is 0.115. The first-order chi connectivity index (χ1) is 17.3. The molecule has 5 aromatic rings. The Kier molecular flexibility index (Phi) is 6.56. The molecule has 9 nitrogen and oxygen atoms in total. The minimum absolute atomic E-state index is 0.0694. The zero-order valence-corrected chi connectivity index (χ0v) is 18.8. The van der Waals surface area contributed by atoms with E-state index in [2.05, 4.69) is 30.8 Å². The number of aromatic nitrogens is 5. The number of nitrogens with zero attached hydrogens (tertiary/aromatic N) is 5. The normalized spacial score (nSPS) is 10.7. The Morgan fingerprint density at radius 2 is 1.77 bits per heavy atom. The molecule has 0 unspecified atom stereocenters. The Bertz CT molecular complexity index is 1400. The van der Waals surface area contributed by atoms with E-state index < -0.39 is 0 Å². The molecule has 3 heterocycles. The maximum atomic E-state index is 12.6. The predicted molar refractivity (Wildman–Crippen MR) is 133 cm³/mol. The second-order valence-corrected chi connectivity index (χ2v) is 7.73. The lowest BCUT2D eigenvalue weighted by Gasteiger charge is -2.07. The zero-order chi connectivity index (χ0) is 23.9. The Labute approximate surface area is 201 Å². The van der Waals surface area contributed by atoms with E-state index in [1.54, 1.807) is 12.3 Å². The van der Waals surface area contributed by atoms with Gasteiger partial charge in [-0.15, -0.1) is 10.2 Å². The van der Waals surface area contributed by atoms with Gasteiger partial charge >= 0.3 is 0 Å². The number of carbonyl (C=O) groups excluding carboxylic acids is 1. The number of benzene rings is 2. The topological polar surface area (TPSA) is 107 Å². The lowest BCUT2D eigenvalue weighted by molar-refractivity contribution is -0.120. The first-order valence-electron chi connectivity index (χ1n) is 11.2. The number of nitrogens with one attached hydrogen (secondary N) is 2. The van der Waals surface area contributed by atoms with Crippen molar-refractivity contribution in [2.24, 2.45) is 0 Å². The maximum absolute atomic E-state index is 12.6. The molecular weight excluding hydrogens is 442 g/mol. The van der Waals surface area contributed by atoms with Gasteiger partial charge in [0.2, 0.25) is 5.91 Å². The van der Waals surface area contributed by atoms with Crippen LogP contribution in [0.5, 0.6) is 5.75 Å². The van der Waals surface area contributed by atoms with E-state index >= 15 is 0 Å². The minimum atomic E-state index is -0.0694. The molecule has 0 saturated carbocycles. The molecule has 0 fully saturated rings. The Hall–Kier alpha value is -4.79. The molecule has 0 radical (unpaired) electrons. The van der Waals surface area contributed by atoms with E-state index in [0.29, 0.717) is 30.6 Å². The summed E-state index contributed by atoms with van der Waals surface area (Å²) in [4.78, 5) is 20.6. The highest BCUT2D eigenvalue weighted by Crippen LogP contribution is 2.25. The lowest BCUT2D eigenvalue weighted by Crippen LogP contribution is -2.29. The summed E-state index contributed by atoms with van der Waals surface area (Å²) in [5, 5.41) is 15.6. The summed E-state index contributed by atoms with van der Waals surface area (Å²) in [5.74, 6) is 2.57. The van der Waals surface area contributed by atoms with Crippen molar-refractivity contribution < 1.29 is 9.53 Å². The molecular formula is C26H23N7O2. The molecule has 2 N–H and O–H groups in total. The fourth-order valence-corrected chi connectivity index (χ4v) is 3.71. The number of carbonyl (C=O) groups is 1. The molecule has 9 heteroatoms. The van der Waals surface area contributed by atoms with Crippen LogP contribution in [0.15, 0.2) is 91.5 Å². The third kappa shape index (κ3) is 5.41. The molecule has 0 aliphatic rings. The van der Waals surface area contributed by atoms with E-state index in [4.69, 9.17) is 4.74 Å². The van der Waals surface area contributed by atoms with Gasteiger partial charge in [0, 0.05) is 17.8 Å². The van der Waals surface area contributed by atoms with Gasteiger partial charge < -0.3 is 15.4 Å². The largest absolute Gasteiger partial charge is 0.492 e. The van der Waals surface area contributed by atoms with E-state index in [9.17, 15) is 4.79 Å². The molecule has 174 valence electrons. The summed E-state index contributed by atoms with van der Waals surface area (Å²) < 4.78 is 7.58. The van der Waals surface area contributed by atoms with Crippen LogP contribution in [0.4, 0.5) is 11.6 Å². The Morgan fingerprint density at radius 3 is 2.57 bits per heavy atom. The van der Waals surface area contributed by atoms with Crippen molar-refractivity contribution >= 4 is 28.4 Å². The second-order valence-electron chi connectivity index (χ2n) is 7.73. The van der Waals surface area contributed by atoms with Gasteiger partial charge in [-0.2, -0.15) is 0 Å². The van der Waals surface area contributed by atoms with E-state index in [1.807, 2.05) is 77.5 Å². The molecule has 35 heavy (non-hydrogen) atoms. The van der Waals surface area contributed by atoms with Crippen LogP contribution in [0.25, 0.3) is 16.7 Å². The van der Waals surface area contributed by atoms with Gasteiger partial charge in [0.1, 0.15) is 24.5 Å². The number of rotatable bonds is 9. The Balaban J connectivity index is 1.26. The van der Waals surface area contributed by atoms with Crippen LogP contribution in [0, 0.1) is 0 Å². The molecule has 0 saturated heterocycles. The number of para-hydroxylation sites is 2. The monoisotopic (exact) mass is 465 g/mol. The summed E-state index contributed by atoms with van der Waals surface area (Å²) in [6.45, 7) is 0.834. The van der Waals surface area contributed by atoms with Gasteiger partial charge in [-0.05, 0) is 42.0 Å². The Morgan fingerprint density at radius 1 is 0.914 bits per heavy atom. The minimum Gasteiger partial charge on any atom is -0.492 e. The van der Waals surface area contributed by atoms with Crippen molar-refractivity contribution in [1.29, 1.82) is 0 Å². The third-order valence-corrected chi connectivity index (χ3v) is 5.32. The van der Waals surface area contributed by atoms with Crippen molar-refractivity contribution in [2.45, 2.75) is 6.42 Å². The average molecular weight is 466 g/mol. The number of amides is 1. The first kappa shape index (κ1) is 22.0. The molecule has 2 aromatic carbocycles. The van der Waals surface area contributed by atoms with E-state index in [-0.39, 0.29) is 12.3 Å². The summed E-state index contributed by atoms with van der Waals surface area (Å²) in [7, 11) is 0. The number of fused-ring (bicyclic) bond motifs is 1. The molecule has 0 bridgehead atoms. The predicted octanol–water partition coefficient (Wildman–Crippen LogP) is 3.69. The molecule has 0 atom stereocenters. The first-order valence-corrected chi connectivity index (χ1v) is 11.2. The molecule has 1 amide bonds. The molecule has 3 aromatic heterocycles. The molecule has 0 aliphatic carbocycles. The van der Waals surface area contributed by atoms with Gasteiger partial charge in [0.15, 0.2) is 11.6 Å². The third-order valence-electron chi connectivity index (χ3n) is 5.32. The standard InChI is InChI=1S/C26H23N7O2/c34-26(28-14-15-35-20-6-2-1-3-7-20)16-19-17-33(22-9-5-4-8-21(19)22)25-11-10-24(31-32-25)30-23-12-13-27-18-29-23/h1-13,17-18H,14-16H2,(H,28,34)(H,27,29,30,31). The highest BCUT2D eigenvalue weighted by molar-refractivity contribution is 5.90. The van der Waals surface area contributed by atoms with Crippen LogP contribution in [-0.2, 0) is 11.2 Å². The summed E-state index contributed by atoms with van der Waals surface area (Å²) in [6, 6.07) is 22.9. The van der Waals surface area contributed by atoms with Crippen LogP contribution < -0.4 is 15.4 Å². The van der Waals surface area contributed by atoms with Gasteiger partial charge in [0.25, 0.3) is 0 Å². The highest BCUT2D eigenvalue weighted by Gasteiger charge is 2.14. The van der Waals surface area contributed by atoms with Crippen molar-refractivity contribution in [1.82, 2.24) is 30.0 Å². The van der Waals surface area contributed by atoms with E-state index in [0.717, 1.165) is 22.2 Å². The van der Waals surface area contributed by atoms with E-state index in [1.165, 1.54) is 6.33 Å². The van der Waals surface area contributed by atoms with Gasteiger partial charge in [-0.25, -0.2) is 9.97 Å². The second kappa shape index (κ2) is 10.4. The van der Waals surface area contributed by atoms with Crippen molar-refractivity contribution in [2.75, 3.05) is 18.5 Å². The van der Waals surface area contributed by atoms with Gasteiger partial charge in [-0.1, -0.05) is 36.4 Å². The SMILES string of the molecule is O=C(Cc1cn(-c2ccc(Nc3ccncn3)nn2)c2ccccc12)NCCOc1ccccc1. The molecule has 0 spiro atoms. The zero-order valence-electron chi connectivity index (χ0n) is 18.8. The van der Waals surface area contributed by atoms with Crippen LogP contribution in [0.2, 0.25) is 0 Å². The number of hydrogen-bond acceptors (Lipinski definition) is 7. The number of anilines is 2. The molecule has 0 aliphatic heterocycles. The van der Waals surface area contributed by atoms with Crippen LogP contribution >= 0.6 is 0 Å². The average Bonchev–Trinajstić information content (AvgIpc) is 3.26. The van der Waals surface area contributed by atoms with Crippen LogP contribution in [-0.4, -0.2) is 43.8 Å².